The Kier molecular flexibility index (Phi) is 5.32. The normalized spacial score (nSPS) is 10.2. The van der Waals surface area contributed by atoms with Gasteiger partial charge < -0.3 is 10.1 Å². The van der Waals surface area contributed by atoms with Crippen molar-refractivity contribution in [2.75, 3.05) is 11.9 Å². The Labute approximate surface area is 123 Å². The number of benzene rings is 2. The van der Waals surface area contributed by atoms with Crippen molar-refractivity contribution in [3.05, 3.63) is 59.9 Å². The van der Waals surface area contributed by atoms with Crippen molar-refractivity contribution < 1.29 is 13.9 Å². The standard InChI is InChI=1S/C17H18FNO2/c1-13-5-2-3-6-16(13)19-17(20)7-4-12-21-15-10-8-14(18)9-11-15/h2-3,5-6,8-11H,4,7,12H2,1H3,(H,19,20). The predicted molar refractivity (Wildman–Crippen MR) is 80.9 cm³/mol. The highest BCUT2D eigenvalue weighted by Crippen LogP contribution is 2.14. The second-order valence-electron chi connectivity index (χ2n) is 4.77. The van der Waals surface area contributed by atoms with Crippen LogP contribution in [0, 0.1) is 12.7 Å². The Morgan fingerprint density at radius 3 is 2.57 bits per heavy atom. The molecule has 0 saturated carbocycles. The van der Waals surface area contributed by atoms with Crippen LogP contribution in [-0.4, -0.2) is 12.5 Å². The lowest BCUT2D eigenvalue weighted by molar-refractivity contribution is -0.116. The van der Waals surface area contributed by atoms with Crippen molar-refractivity contribution in [2.24, 2.45) is 0 Å². The van der Waals surface area contributed by atoms with Crippen LogP contribution in [0.4, 0.5) is 10.1 Å². The first kappa shape index (κ1) is 15.0. The summed E-state index contributed by atoms with van der Waals surface area (Å²) in [5, 5.41) is 2.87. The summed E-state index contributed by atoms with van der Waals surface area (Å²) >= 11 is 0. The molecule has 0 aromatic heterocycles. The van der Waals surface area contributed by atoms with Gasteiger partial charge in [0.05, 0.1) is 6.61 Å². The smallest absolute Gasteiger partial charge is 0.224 e. The van der Waals surface area contributed by atoms with Crippen molar-refractivity contribution in [3.8, 4) is 5.75 Å². The van der Waals surface area contributed by atoms with Gasteiger partial charge in [0.1, 0.15) is 11.6 Å². The van der Waals surface area contributed by atoms with Crippen molar-refractivity contribution in [3.63, 3.8) is 0 Å². The third kappa shape index (κ3) is 4.91. The number of hydrogen-bond acceptors (Lipinski definition) is 2. The quantitative estimate of drug-likeness (QED) is 0.817. The van der Waals surface area contributed by atoms with Gasteiger partial charge >= 0.3 is 0 Å². The maximum Gasteiger partial charge on any atom is 0.224 e. The summed E-state index contributed by atoms with van der Waals surface area (Å²) < 4.78 is 18.2. The molecule has 110 valence electrons. The first-order valence-electron chi connectivity index (χ1n) is 6.89. The molecule has 2 aromatic carbocycles. The average Bonchev–Trinajstić information content (AvgIpc) is 2.48. The van der Waals surface area contributed by atoms with Crippen LogP contribution in [0.1, 0.15) is 18.4 Å². The highest BCUT2D eigenvalue weighted by Gasteiger charge is 2.04. The Balaban J connectivity index is 1.70. The monoisotopic (exact) mass is 287 g/mol. The van der Waals surface area contributed by atoms with E-state index in [0.29, 0.717) is 25.2 Å². The molecule has 2 aromatic rings. The maximum atomic E-state index is 12.7. The van der Waals surface area contributed by atoms with Crippen molar-refractivity contribution >= 4 is 11.6 Å². The minimum absolute atomic E-state index is 0.0352. The van der Waals surface area contributed by atoms with E-state index in [2.05, 4.69) is 5.32 Å². The molecule has 0 atom stereocenters. The summed E-state index contributed by atoms with van der Waals surface area (Å²) in [6.07, 6.45) is 0.991. The first-order valence-corrected chi connectivity index (χ1v) is 6.89. The molecule has 0 fully saturated rings. The SMILES string of the molecule is Cc1ccccc1NC(=O)CCCOc1ccc(F)cc1. The fourth-order valence-corrected chi connectivity index (χ4v) is 1.88. The highest BCUT2D eigenvalue weighted by molar-refractivity contribution is 5.91. The molecular weight excluding hydrogens is 269 g/mol. The zero-order valence-electron chi connectivity index (χ0n) is 11.9. The molecule has 0 bridgehead atoms. The Morgan fingerprint density at radius 1 is 1.14 bits per heavy atom. The average molecular weight is 287 g/mol. The highest BCUT2D eigenvalue weighted by atomic mass is 19.1. The molecule has 0 saturated heterocycles. The zero-order chi connectivity index (χ0) is 15.1. The minimum Gasteiger partial charge on any atom is -0.494 e. The van der Waals surface area contributed by atoms with E-state index in [0.717, 1.165) is 11.3 Å². The van der Waals surface area contributed by atoms with Crippen LogP contribution in [0.2, 0.25) is 0 Å². The largest absolute Gasteiger partial charge is 0.494 e. The van der Waals surface area contributed by atoms with Crippen LogP contribution in [0.15, 0.2) is 48.5 Å². The van der Waals surface area contributed by atoms with Crippen LogP contribution in [0.25, 0.3) is 0 Å². The number of halogens is 1. The fourth-order valence-electron chi connectivity index (χ4n) is 1.88. The summed E-state index contributed by atoms with van der Waals surface area (Å²) in [6.45, 7) is 2.38. The third-order valence-electron chi connectivity index (χ3n) is 3.05. The molecular formula is C17H18FNO2. The molecule has 0 aliphatic rings. The van der Waals surface area contributed by atoms with E-state index >= 15 is 0 Å². The van der Waals surface area contributed by atoms with E-state index in [9.17, 15) is 9.18 Å². The lowest BCUT2D eigenvalue weighted by atomic mass is 10.2. The molecule has 0 aliphatic heterocycles. The van der Waals surface area contributed by atoms with Crippen LogP contribution in [0.5, 0.6) is 5.75 Å². The third-order valence-corrected chi connectivity index (χ3v) is 3.05. The fraction of sp³-hybridized carbons (Fsp3) is 0.235. The van der Waals surface area contributed by atoms with E-state index in [-0.39, 0.29) is 11.7 Å². The van der Waals surface area contributed by atoms with Crippen LogP contribution in [-0.2, 0) is 4.79 Å². The van der Waals surface area contributed by atoms with Crippen molar-refractivity contribution in [1.29, 1.82) is 0 Å². The molecule has 1 N–H and O–H groups in total. The minimum atomic E-state index is -0.292. The van der Waals surface area contributed by atoms with E-state index in [1.807, 2.05) is 31.2 Å². The second-order valence-corrected chi connectivity index (χ2v) is 4.77. The number of rotatable bonds is 6. The Hall–Kier alpha value is -2.36. The van der Waals surface area contributed by atoms with E-state index in [4.69, 9.17) is 4.74 Å². The number of carbonyl (C=O) groups is 1. The van der Waals surface area contributed by atoms with Crippen LogP contribution < -0.4 is 10.1 Å². The van der Waals surface area contributed by atoms with Crippen molar-refractivity contribution in [1.82, 2.24) is 0 Å². The summed E-state index contributed by atoms with van der Waals surface area (Å²) in [5.74, 6) is 0.280. The number of anilines is 1. The number of hydrogen-bond donors (Lipinski definition) is 1. The van der Waals surface area contributed by atoms with Gasteiger partial charge in [-0.1, -0.05) is 18.2 Å². The number of carbonyl (C=O) groups excluding carboxylic acids is 1. The molecule has 0 radical (unpaired) electrons. The molecule has 2 rings (SSSR count). The Bertz CT molecular complexity index is 596. The van der Waals surface area contributed by atoms with Gasteiger partial charge in [0.2, 0.25) is 5.91 Å². The molecule has 0 aliphatic carbocycles. The summed E-state index contributed by atoms with van der Waals surface area (Å²) in [7, 11) is 0. The Morgan fingerprint density at radius 2 is 1.86 bits per heavy atom. The van der Waals surface area contributed by atoms with E-state index in [1.165, 1.54) is 12.1 Å². The molecule has 0 spiro atoms. The first-order chi connectivity index (χ1) is 10.1. The molecule has 3 nitrogen and oxygen atoms in total. The number of ether oxygens (including phenoxy) is 1. The maximum absolute atomic E-state index is 12.7. The number of para-hydroxylation sites is 1. The molecule has 1 amide bonds. The summed E-state index contributed by atoms with van der Waals surface area (Å²) in [6, 6.07) is 13.5. The van der Waals surface area contributed by atoms with Crippen LogP contribution >= 0.6 is 0 Å². The second kappa shape index (κ2) is 7.43. The zero-order valence-corrected chi connectivity index (χ0v) is 11.9. The van der Waals surface area contributed by atoms with Gasteiger partial charge in [-0.05, 0) is 49.2 Å². The summed E-state index contributed by atoms with van der Waals surface area (Å²) in [5.41, 5.74) is 1.87. The number of aryl methyl sites for hydroxylation is 1. The molecule has 0 unspecified atom stereocenters. The van der Waals surface area contributed by atoms with Gasteiger partial charge in [-0.3, -0.25) is 4.79 Å². The molecule has 4 heteroatoms. The topological polar surface area (TPSA) is 38.3 Å². The van der Waals surface area contributed by atoms with Crippen LogP contribution in [0.3, 0.4) is 0 Å². The molecule has 0 heterocycles. The predicted octanol–water partition coefficient (Wildman–Crippen LogP) is 3.93. The number of amides is 1. The lowest BCUT2D eigenvalue weighted by Crippen LogP contribution is -2.13. The van der Waals surface area contributed by atoms with E-state index in [1.54, 1.807) is 12.1 Å². The van der Waals surface area contributed by atoms with E-state index < -0.39 is 0 Å². The van der Waals surface area contributed by atoms with Gasteiger partial charge in [-0.25, -0.2) is 4.39 Å². The van der Waals surface area contributed by atoms with Gasteiger partial charge in [0, 0.05) is 12.1 Å². The van der Waals surface area contributed by atoms with Gasteiger partial charge in [-0.15, -0.1) is 0 Å². The van der Waals surface area contributed by atoms with Crippen molar-refractivity contribution in [2.45, 2.75) is 19.8 Å². The number of nitrogens with one attached hydrogen (secondary N) is 1. The molecule has 21 heavy (non-hydrogen) atoms. The van der Waals surface area contributed by atoms with Gasteiger partial charge in [-0.2, -0.15) is 0 Å². The summed E-state index contributed by atoms with van der Waals surface area (Å²) in [4.78, 5) is 11.8. The van der Waals surface area contributed by atoms with Gasteiger partial charge in [0.15, 0.2) is 0 Å². The van der Waals surface area contributed by atoms with Gasteiger partial charge in [0.25, 0.3) is 0 Å². The lowest BCUT2D eigenvalue weighted by Gasteiger charge is -2.08.